The van der Waals surface area contributed by atoms with Crippen LogP contribution in [0.5, 0.6) is 17.2 Å². The van der Waals surface area contributed by atoms with Crippen LogP contribution in [0.25, 0.3) is 11.1 Å². The molecule has 4 rings (SSSR count). The van der Waals surface area contributed by atoms with Crippen LogP contribution in [0.1, 0.15) is 29.7 Å². The van der Waals surface area contributed by atoms with Gasteiger partial charge in [0.2, 0.25) is 10.0 Å². The number of carbonyl (C=O) groups excluding carboxylic acids is 1. The molecule has 0 radical (unpaired) electrons. The number of esters is 1. The minimum atomic E-state index is -3.71. The Bertz CT molecular complexity index is 1400. The molecule has 1 atom stereocenters. The van der Waals surface area contributed by atoms with Gasteiger partial charge in [0.25, 0.3) is 0 Å². The predicted molar refractivity (Wildman–Crippen MR) is 135 cm³/mol. The van der Waals surface area contributed by atoms with Crippen molar-refractivity contribution in [3.8, 4) is 28.4 Å². The summed E-state index contributed by atoms with van der Waals surface area (Å²) in [6, 6.07) is 18.4. The SMILES string of the molecule is CCOC(=O)C=CCOc1cccc(C2Oc3cccc(OC)c3-c3ccc(CS(N)(=O)=O)cc32)c1. The molecule has 3 aromatic carbocycles. The van der Waals surface area contributed by atoms with E-state index in [9.17, 15) is 13.2 Å². The molecule has 0 aliphatic carbocycles. The smallest absolute Gasteiger partial charge is 0.330 e. The zero-order valence-electron chi connectivity index (χ0n) is 20.0. The van der Waals surface area contributed by atoms with Crippen molar-refractivity contribution in [2.75, 3.05) is 20.3 Å². The zero-order valence-corrected chi connectivity index (χ0v) is 20.8. The van der Waals surface area contributed by atoms with Gasteiger partial charge in [-0.25, -0.2) is 18.4 Å². The third kappa shape index (κ3) is 5.87. The number of hydrogen-bond acceptors (Lipinski definition) is 7. The summed E-state index contributed by atoms with van der Waals surface area (Å²) in [7, 11) is -2.12. The Balaban J connectivity index is 1.69. The van der Waals surface area contributed by atoms with Crippen molar-refractivity contribution in [1.29, 1.82) is 0 Å². The number of sulfonamides is 1. The molecule has 1 aliphatic heterocycles. The number of rotatable bonds is 9. The second-order valence-electron chi connectivity index (χ2n) is 8.10. The van der Waals surface area contributed by atoms with Gasteiger partial charge in [-0.05, 0) is 48.4 Å². The van der Waals surface area contributed by atoms with Crippen molar-refractivity contribution in [3.05, 3.63) is 89.5 Å². The summed E-state index contributed by atoms with van der Waals surface area (Å²) >= 11 is 0. The van der Waals surface area contributed by atoms with E-state index in [4.69, 9.17) is 24.1 Å². The predicted octanol–water partition coefficient (Wildman–Crippen LogP) is 4.13. The summed E-state index contributed by atoms with van der Waals surface area (Å²) in [4.78, 5) is 11.5. The van der Waals surface area contributed by atoms with Crippen LogP contribution in [0.4, 0.5) is 0 Å². The minimum Gasteiger partial charge on any atom is -0.496 e. The molecule has 0 bridgehead atoms. The quantitative estimate of drug-likeness (QED) is 0.341. The average molecular weight is 510 g/mol. The highest BCUT2D eigenvalue weighted by Crippen LogP contribution is 2.49. The molecule has 1 aliphatic rings. The second-order valence-corrected chi connectivity index (χ2v) is 9.71. The van der Waals surface area contributed by atoms with E-state index in [1.165, 1.54) is 6.08 Å². The first-order chi connectivity index (χ1) is 17.3. The lowest BCUT2D eigenvalue weighted by molar-refractivity contribution is -0.137. The van der Waals surface area contributed by atoms with Gasteiger partial charge < -0.3 is 18.9 Å². The first-order valence-electron chi connectivity index (χ1n) is 11.3. The zero-order chi connectivity index (χ0) is 25.7. The molecule has 2 N–H and O–H groups in total. The third-order valence-electron chi connectivity index (χ3n) is 5.54. The first kappa shape index (κ1) is 25.3. The highest BCUT2D eigenvalue weighted by atomic mass is 32.2. The van der Waals surface area contributed by atoms with E-state index in [0.717, 1.165) is 22.3 Å². The summed E-state index contributed by atoms with van der Waals surface area (Å²) in [6.45, 7) is 2.23. The van der Waals surface area contributed by atoms with Crippen molar-refractivity contribution < 1.29 is 32.2 Å². The van der Waals surface area contributed by atoms with Crippen LogP contribution in [0.3, 0.4) is 0 Å². The van der Waals surface area contributed by atoms with Crippen molar-refractivity contribution >= 4 is 16.0 Å². The lowest BCUT2D eigenvalue weighted by atomic mass is 9.88. The summed E-state index contributed by atoms with van der Waals surface area (Å²) in [5, 5.41) is 5.29. The van der Waals surface area contributed by atoms with Gasteiger partial charge in [-0.1, -0.05) is 36.4 Å². The second kappa shape index (κ2) is 10.8. The summed E-state index contributed by atoms with van der Waals surface area (Å²) in [6.07, 6.45) is 2.38. The Morgan fingerprint density at radius 1 is 1.11 bits per heavy atom. The Morgan fingerprint density at radius 3 is 2.67 bits per heavy atom. The molecule has 0 saturated carbocycles. The van der Waals surface area contributed by atoms with Crippen LogP contribution >= 0.6 is 0 Å². The molecule has 0 fully saturated rings. The fourth-order valence-electron chi connectivity index (χ4n) is 4.11. The van der Waals surface area contributed by atoms with Crippen LogP contribution in [-0.2, 0) is 25.3 Å². The van der Waals surface area contributed by atoms with E-state index in [1.54, 1.807) is 38.3 Å². The number of carbonyl (C=O) groups is 1. The lowest BCUT2D eigenvalue weighted by Crippen LogP contribution is -2.18. The molecule has 3 aromatic rings. The Morgan fingerprint density at radius 2 is 1.92 bits per heavy atom. The van der Waals surface area contributed by atoms with E-state index in [1.807, 2.05) is 42.5 Å². The maximum atomic E-state index is 11.7. The van der Waals surface area contributed by atoms with E-state index in [2.05, 4.69) is 0 Å². The van der Waals surface area contributed by atoms with Gasteiger partial charge in [0.1, 0.15) is 30.0 Å². The van der Waals surface area contributed by atoms with Crippen molar-refractivity contribution in [2.45, 2.75) is 18.8 Å². The standard InChI is InChI=1S/C27H27NO7S/c1-3-33-25(29)11-6-14-34-20-8-4-7-19(16-20)27-22-15-18(17-36(28,30)31)12-13-21(22)26-23(32-2)9-5-10-24(26)35-27/h4-13,15-16,27H,3,14,17H2,1-2H3,(H2,28,30,31). The molecule has 1 unspecified atom stereocenters. The molecule has 36 heavy (non-hydrogen) atoms. The molecular formula is C27H27NO7S. The van der Waals surface area contributed by atoms with Crippen molar-refractivity contribution in [2.24, 2.45) is 5.14 Å². The van der Waals surface area contributed by atoms with Crippen LogP contribution in [-0.4, -0.2) is 34.7 Å². The molecule has 0 spiro atoms. The van der Waals surface area contributed by atoms with Crippen LogP contribution in [0.2, 0.25) is 0 Å². The molecule has 9 heteroatoms. The number of primary sulfonamides is 1. The molecule has 1 heterocycles. The molecule has 0 amide bonds. The summed E-state index contributed by atoms with van der Waals surface area (Å²) in [5.74, 6) is 1.17. The van der Waals surface area contributed by atoms with Crippen molar-refractivity contribution in [1.82, 2.24) is 0 Å². The number of benzene rings is 3. The Labute approximate surface area is 210 Å². The van der Waals surface area contributed by atoms with Gasteiger partial charge in [0.15, 0.2) is 0 Å². The molecule has 188 valence electrons. The van der Waals surface area contributed by atoms with E-state index in [-0.39, 0.29) is 12.4 Å². The number of hydrogen-bond donors (Lipinski definition) is 1. The van der Waals surface area contributed by atoms with Gasteiger partial charge >= 0.3 is 5.97 Å². The number of ether oxygens (including phenoxy) is 4. The third-order valence-corrected chi connectivity index (χ3v) is 6.27. The average Bonchev–Trinajstić information content (AvgIpc) is 2.85. The topological polar surface area (TPSA) is 114 Å². The largest absolute Gasteiger partial charge is 0.496 e. The highest BCUT2D eigenvalue weighted by Gasteiger charge is 2.30. The highest BCUT2D eigenvalue weighted by molar-refractivity contribution is 7.88. The Hall–Kier alpha value is -3.82. The van der Waals surface area contributed by atoms with Crippen molar-refractivity contribution in [3.63, 3.8) is 0 Å². The number of fused-ring (bicyclic) bond motifs is 3. The van der Waals surface area contributed by atoms with Gasteiger partial charge in [0.05, 0.1) is 25.0 Å². The van der Waals surface area contributed by atoms with Crippen LogP contribution < -0.4 is 19.3 Å². The Kier molecular flexibility index (Phi) is 7.61. The fourth-order valence-corrected chi connectivity index (χ4v) is 4.75. The number of methoxy groups -OCH3 is 1. The van der Waals surface area contributed by atoms with E-state index >= 15 is 0 Å². The maximum Gasteiger partial charge on any atom is 0.330 e. The lowest BCUT2D eigenvalue weighted by Gasteiger charge is -2.30. The monoisotopic (exact) mass is 509 g/mol. The normalized spacial score (nSPS) is 14.5. The van der Waals surface area contributed by atoms with Gasteiger partial charge in [0, 0.05) is 17.2 Å². The summed E-state index contributed by atoms with van der Waals surface area (Å²) in [5.41, 5.74) is 3.82. The van der Waals surface area contributed by atoms with Gasteiger partial charge in [-0.15, -0.1) is 0 Å². The van der Waals surface area contributed by atoms with Gasteiger partial charge in [-0.2, -0.15) is 0 Å². The molecule has 0 saturated heterocycles. The number of nitrogens with two attached hydrogens (primary N) is 1. The van der Waals surface area contributed by atoms with Crippen LogP contribution in [0.15, 0.2) is 72.8 Å². The van der Waals surface area contributed by atoms with E-state index in [0.29, 0.717) is 29.4 Å². The first-order valence-corrected chi connectivity index (χ1v) is 13.0. The maximum absolute atomic E-state index is 11.7. The molecular weight excluding hydrogens is 482 g/mol. The molecule has 8 nitrogen and oxygen atoms in total. The van der Waals surface area contributed by atoms with E-state index < -0.39 is 22.1 Å². The molecule has 0 aromatic heterocycles. The van der Waals surface area contributed by atoms with Gasteiger partial charge in [-0.3, -0.25) is 0 Å². The summed E-state index contributed by atoms with van der Waals surface area (Å²) < 4.78 is 46.1. The fraction of sp³-hybridized carbons (Fsp3) is 0.222. The van der Waals surface area contributed by atoms with Crippen LogP contribution in [0, 0.1) is 0 Å². The minimum absolute atomic E-state index is 0.183.